The summed E-state index contributed by atoms with van der Waals surface area (Å²) in [6, 6.07) is 11.6. The zero-order chi connectivity index (χ0) is 18.5. The van der Waals surface area contributed by atoms with Crippen LogP contribution in [0.2, 0.25) is 0 Å². The second-order valence-electron chi connectivity index (χ2n) is 6.27. The summed E-state index contributed by atoms with van der Waals surface area (Å²) in [7, 11) is 1.35. The van der Waals surface area contributed by atoms with Gasteiger partial charge in [0.2, 0.25) is 5.91 Å². The van der Waals surface area contributed by atoms with Gasteiger partial charge in [-0.15, -0.1) is 11.3 Å². The van der Waals surface area contributed by atoms with Crippen LogP contribution in [0.3, 0.4) is 0 Å². The lowest BCUT2D eigenvalue weighted by molar-refractivity contribution is -0.135. The minimum atomic E-state index is -0.540. The van der Waals surface area contributed by atoms with Gasteiger partial charge >= 0.3 is 5.97 Å². The number of esters is 1. The number of nitrogens with zero attached hydrogens (tertiary/aromatic N) is 1. The molecular weight excluding hydrogens is 348 g/mol. The lowest BCUT2D eigenvalue weighted by Gasteiger charge is -2.20. The summed E-state index contributed by atoms with van der Waals surface area (Å²) in [4.78, 5) is 27.7. The van der Waals surface area contributed by atoms with E-state index < -0.39 is 6.04 Å². The number of carbonyl (C=O) groups is 2. The number of thiophene rings is 1. The van der Waals surface area contributed by atoms with Gasteiger partial charge in [0.25, 0.3) is 0 Å². The Hall–Kier alpha value is -2.44. The van der Waals surface area contributed by atoms with E-state index in [0.29, 0.717) is 25.9 Å². The van der Waals surface area contributed by atoms with Crippen molar-refractivity contribution in [2.75, 3.05) is 7.11 Å². The van der Waals surface area contributed by atoms with Crippen LogP contribution in [0.1, 0.15) is 20.9 Å². The smallest absolute Gasteiger partial charge is 0.330 e. The number of carbonyl (C=O) groups excluding carboxylic acids is 2. The van der Waals surface area contributed by atoms with Crippen molar-refractivity contribution in [2.24, 2.45) is 5.73 Å². The molecule has 0 fully saturated rings. The molecule has 0 radical (unpaired) electrons. The summed E-state index contributed by atoms with van der Waals surface area (Å²) < 4.78 is 4.56. The largest absolute Gasteiger partial charge is 0.466 e. The van der Waals surface area contributed by atoms with E-state index in [0.717, 1.165) is 9.75 Å². The van der Waals surface area contributed by atoms with Gasteiger partial charge in [0.15, 0.2) is 0 Å². The fraction of sp³-hybridized carbons (Fsp3) is 0.300. The molecule has 0 aliphatic carbocycles. The van der Waals surface area contributed by atoms with Crippen LogP contribution in [0.15, 0.2) is 48.6 Å². The molecule has 1 aromatic carbocycles. The summed E-state index contributed by atoms with van der Waals surface area (Å²) in [5, 5.41) is 0. The zero-order valence-corrected chi connectivity index (χ0v) is 15.5. The SMILES string of the molecule is COC(=O)/C=C/Cc1ccc(C[C@@H](N)C(=O)N2Cc3ccccc3C2)s1. The third-order valence-electron chi connectivity index (χ3n) is 4.38. The maximum atomic E-state index is 12.6. The molecule has 5 nitrogen and oxygen atoms in total. The van der Waals surface area contributed by atoms with E-state index in [-0.39, 0.29) is 11.9 Å². The van der Waals surface area contributed by atoms with Crippen LogP contribution >= 0.6 is 11.3 Å². The number of ether oxygens (including phenoxy) is 1. The molecule has 2 heterocycles. The number of hydrogen-bond donors (Lipinski definition) is 1. The molecule has 0 saturated carbocycles. The van der Waals surface area contributed by atoms with Gasteiger partial charge in [-0.2, -0.15) is 0 Å². The molecule has 1 aliphatic rings. The van der Waals surface area contributed by atoms with E-state index in [1.54, 1.807) is 17.4 Å². The van der Waals surface area contributed by atoms with Crippen LogP contribution in [0.25, 0.3) is 0 Å². The van der Waals surface area contributed by atoms with E-state index in [4.69, 9.17) is 5.73 Å². The Morgan fingerprint density at radius 3 is 2.50 bits per heavy atom. The molecule has 6 heteroatoms. The summed E-state index contributed by atoms with van der Waals surface area (Å²) >= 11 is 1.61. The average molecular weight is 370 g/mol. The van der Waals surface area contributed by atoms with Crippen LogP contribution in [-0.4, -0.2) is 29.9 Å². The summed E-state index contributed by atoms with van der Waals surface area (Å²) in [5.41, 5.74) is 8.57. The highest BCUT2D eigenvalue weighted by Gasteiger charge is 2.27. The van der Waals surface area contributed by atoms with Crippen molar-refractivity contribution in [3.05, 3.63) is 69.4 Å². The van der Waals surface area contributed by atoms with Crippen molar-refractivity contribution in [3.8, 4) is 0 Å². The predicted octanol–water partition coefficient (Wildman–Crippen LogP) is 2.43. The quantitative estimate of drug-likeness (QED) is 0.626. The van der Waals surface area contributed by atoms with E-state index in [1.165, 1.54) is 24.3 Å². The number of benzene rings is 1. The molecule has 1 amide bonds. The lowest BCUT2D eigenvalue weighted by Crippen LogP contribution is -2.42. The van der Waals surface area contributed by atoms with Crippen molar-refractivity contribution in [3.63, 3.8) is 0 Å². The Morgan fingerprint density at radius 1 is 1.19 bits per heavy atom. The summed E-state index contributed by atoms with van der Waals surface area (Å²) in [5.74, 6) is -0.372. The predicted molar refractivity (Wildman–Crippen MR) is 102 cm³/mol. The molecule has 2 N–H and O–H groups in total. The van der Waals surface area contributed by atoms with Crippen LogP contribution < -0.4 is 5.73 Å². The first kappa shape index (κ1) is 18.4. The molecule has 0 spiro atoms. The van der Waals surface area contributed by atoms with Gasteiger partial charge < -0.3 is 15.4 Å². The third-order valence-corrected chi connectivity index (χ3v) is 5.51. The second kappa shape index (κ2) is 8.29. The fourth-order valence-electron chi connectivity index (χ4n) is 3.01. The number of hydrogen-bond acceptors (Lipinski definition) is 5. The number of nitrogens with two attached hydrogens (primary N) is 1. The number of methoxy groups -OCH3 is 1. The van der Waals surface area contributed by atoms with Gasteiger partial charge in [-0.1, -0.05) is 30.3 Å². The molecule has 0 saturated heterocycles. The number of rotatable bonds is 6. The van der Waals surface area contributed by atoms with Crippen LogP contribution in [0, 0.1) is 0 Å². The van der Waals surface area contributed by atoms with Crippen LogP contribution in [-0.2, 0) is 40.3 Å². The normalized spacial score (nSPS) is 14.5. The molecule has 2 aromatic rings. The van der Waals surface area contributed by atoms with Crippen molar-refractivity contribution < 1.29 is 14.3 Å². The number of fused-ring (bicyclic) bond motifs is 1. The second-order valence-corrected chi connectivity index (χ2v) is 7.52. The minimum absolute atomic E-state index is 0.0123. The van der Waals surface area contributed by atoms with Gasteiger partial charge in [-0.25, -0.2) is 4.79 Å². The third kappa shape index (κ3) is 4.39. The van der Waals surface area contributed by atoms with Crippen molar-refractivity contribution in [2.45, 2.75) is 32.0 Å². The maximum Gasteiger partial charge on any atom is 0.330 e. The fourth-order valence-corrected chi connectivity index (χ4v) is 4.06. The Kier molecular flexibility index (Phi) is 5.85. The van der Waals surface area contributed by atoms with Gasteiger partial charge in [0, 0.05) is 41.8 Å². The Labute approximate surface area is 157 Å². The molecule has 3 rings (SSSR count). The van der Waals surface area contributed by atoms with Crippen molar-refractivity contribution in [1.82, 2.24) is 4.90 Å². The molecule has 1 atom stereocenters. The Bertz CT molecular complexity index is 803. The highest BCUT2D eigenvalue weighted by atomic mass is 32.1. The highest BCUT2D eigenvalue weighted by molar-refractivity contribution is 7.12. The van der Waals surface area contributed by atoms with E-state index in [1.807, 2.05) is 29.2 Å². The van der Waals surface area contributed by atoms with E-state index in [9.17, 15) is 9.59 Å². The van der Waals surface area contributed by atoms with Crippen LogP contribution in [0.5, 0.6) is 0 Å². The average Bonchev–Trinajstić information content (AvgIpc) is 3.27. The molecule has 26 heavy (non-hydrogen) atoms. The molecule has 1 aliphatic heterocycles. The Morgan fingerprint density at radius 2 is 1.85 bits per heavy atom. The minimum Gasteiger partial charge on any atom is -0.466 e. The van der Waals surface area contributed by atoms with Crippen molar-refractivity contribution in [1.29, 1.82) is 0 Å². The lowest BCUT2D eigenvalue weighted by atomic mass is 10.1. The number of amides is 1. The topological polar surface area (TPSA) is 72.6 Å². The van der Waals surface area contributed by atoms with Gasteiger partial charge in [0.05, 0.1) is 13.2 Å². The van der Waals surface area contributed by atoms with E-state index >= 15 is 0 Å². The first-order chi connectivity index (χ1) is 12.6. The molecule has 0 unspecified atom stereocenters. The first-order valence-electron chi connectivity index (χ1n) is 8.50. The zero-order valence-electron chi connectivity index (χ0n) is 14.7. The standard InChI is InChI=1S/C20H22N2O3S/c1-25-19(23)8-4-7-16-9-10-17(26-16)11-18(21)20(24)22-12-14-5-2-3-6-15(14)13-22/h2-6,8-10,18H,7,11-13,21H2,1H3/b8-4+/t18-/m1/s1. The maximum absolute atomic E-state index is 12.6. The first-order valence-corrected chi connectivity index (χ1v) is 9.31. The highest BCUT2D eigenvalue weighted by Crippen LogP contribution is 2.24. The van der Waals surface area contributed by atoms with E-state index in [2.05, 4.69) is 16.9 Å². The summed E-state index contributed by atoms with van der Waals surface area (Å²) in [6.45, 7) is 1.27. The number of allylic oxidation sites excluding steroid dienone is 1. The monoisotopic (exact) mass is 370 g/mol. The van der Waals surface area contributed by atoms with Crippen LogP contribution in [0.4, 0.5) is 0 Å². The molecule has 1 aromatic heterocycles. The Balaban J connectivity index is 1.54. The van der Waals surface area contributed by atoms with Gasteiger partial charge in [-0.3, -0.25) is 4.79 Å². The van der Waals surface area contributed by atoms with Gasteiger partial charge in [0.1, 0.15) is 0 Å². The summed E-state index contributed by atoms with van der Waals surface area (Å²) in [6.07, 6.45) is 4.37. The molecular formula is C20H22N2O3S. The molecule has 0 bridgehead atoms. The van der Waals surface area contributed by atoms with Gasteiger partial charge in [-0.05, 0) is 23.3 Å². The molecule has 136 valence electrons. The van der Waals surface area contributed by atoms with Crippen molar-refractivity contribution >= 4 is 23.2 Å².